The second kappa shape index (κ2) is 37.6. The maximum absolute atomic E-state index is 5.47. The van der Waals surface area contributed by atoms with Crippen LogP contribution in [0.4, 0.5) is 0 Å². The van der Waals surface area contributed by atoms with Crippen LogP contribution in [-0.2, 0) is 0 Å². The molecule has 82 heavy (non-hydrogen) atoms. The maximum atomic E-state index is 5.47. The van der Waals surface area contributed by atoms with Crippen molar-refractivity contribution in [3.05, 3.63) is 180 Å². The predicted molar refractivity (Wildman–Crippen MR) is 365 cm³/mol. The molecule has 0 bridgehead atoms. The van der Waals surface area contributed by atoms with Gasteiger partial charge in [0.25, 0.3) is 0 Å². The summed E-state index contributed by atoms with van der Waals surface area (Å²) in [7, 11) is 0. The van der Waals surface area contributed by atoms with Crippen molar-refractivity contribution in [1.82, 2.24) is 0 Å². The van der Waals surface area contributed by atoms with Crippen molar-refractivity contribution in [3.8, 4) is 11.5 Å². The molecule has 0 aromatic heterocycles. The van der Waals surface area contributed by atoms with Crippen LogP contribution in [0.25, 0.3) is 0 Å². The molecule has 1 aliphatic carbocycles. The molecule has 454 valence electrons. The summed E-state index contributed by atoms with van der Waals surface area (Å²) in [4.78, 5) is 12.2. The minimum atomic E-state index is -0.496. The van der Waals surface area contributed by atoms with E-state index >= 15 is 0 Å². The molecule has 0 radical (unpaired) electrons. The number of fused-ring (bicyclic) bond motifs is 1. The third kappa shape index (κ3) is 31.2. The summed E-state index contributed by atoms with van der Waals surface area (Å²) in [6.45, 7) is 52.7. The molecule has 0 unspecified atom stereocenters. The molecular weight excluding hydrogens is 999 g/mol. The molecule has 9 rings (SSSR count). The number of rotatable bonds is 8. The van der Waals surface area contributed by atoms with Gasteiger partial charge in [-0.2, -0.15) is 0 Å². The number of hydrogen-bond donors (Lipinski definition) is 0. The highest BCUT2D eigenvalue weighted by Gasteiger charge is 2.31. The van der Waals surface area contributed by atoms with Crippen LogP contribution >= 0.6 is 0 Å². The van der Waals surface area contributed by atoms with E-state index in [1.165, 1.54) is 54.4 Å². The number of benzene rings is 5. The second-order valence-corrected chi connectivity index (χ2v) is 27.1. The van der Waals surface area contributed by atoms with Gasteiger partial charge in [0.2, 0.25) is 5.79 Å². The van der Waals surface area contributed by atoms with Crippen LogP contribution < -0.4 is 9.47 Å². The fourth-order valence-electron chi connectivity index (χ4n) is 7.70. The highest BCUT2D eigenvalue weighted by Crippen LogP contribution is 2.39. The van der Waals surface area contributed by atoms with Crippen LogP contribution in [0.1, 0.15) is 244 Å². The van der Waals surface area contributed by atoms with Gasteiger partial charge in [-0.25, -0.2) is 0 Å². The second-order valence-electron chi connectivity index (χ2n) is 27.1. The zero-order valence-corrected chi connectivity index (χ0v) is 56.6. The normalized spacial score (nSPS) is 18.3. The molecule has 6 atom stereocenters. The van der Waals surface area contributed by atoms with Crippen LogP contribution in [0, 0.1) is 34.5 Å². The van der Waals surface area contributed by atoms with Crippen molar-refractivity contribution in [2.45, 2.75) is 239 Å². The first kappa shape index (κ1) is 74.5. The maximum Gasteiger partial charge on any atom is 0.246 e. The Labute approximate surface area is 505 Å². The van der Waals surface area contributed by atoms with Crippen LogP contribution in [0.3, 0.4) is 0 Å². The van der Waals surface area contributed by atoms with Gasteiger partial charge in [0.15, 0.2) is 11.5 Å². The third-order valence-corrected chi connectivity index (χ3v) is 16.6. The fourth-order valence-corrected chi connectivity index (χ4v) is 7.70. The Bertz CT molecular complexity index is 2220. The number of unbranched alkanes of at least 4 members (excludes halogenated alkanes) is 1. The first-order valence-electron chi connectivity index (χ1n) is 31.3. The predicted octanol–water partition coefficient (Wildman–Crippen LogP) is 23.3. The summed E-state index contributed by atoms with van der Waals surface area (Å²) in [5, 5.41) is 0. The first-order valence-corrected chi connectivity index (χ1v) is 31.3. The van der Waals surface area contributed by atoms with Gasteiger partial charge >= 0.3 is 0 Å². The molecule has 5 heteroatoms. The molecule has 4 aliphatic rings. The zero-order valence-electron chi connectivity index (χ0n) is 56.6. The van der Waals surface area contributed by atoms with Gasteiger partial charge in [-0.1, -0.05) is 296 Å². The lowest BCUT2D eigenvalue weighted by molar-refractivity contribution is -0.0431. The molecule has 5 aromatic carbocycles. The minimum Gasteiger partial charge on any atom is -0.449 e. The average molecular weight is 1120 g/mol. The number of allylic oxidation sites excluding steroid dienone is 1. The highest BCUT2D eigenvalue weighted by molar-refractivity contribution is 6.17. The Balaban J connectivity index is 0.000000477. The van der Waals surface area contributed by atoms with E-state index in [0.29, 0.717) is 34.5 Å². The average Bonchev–Trinajstić information content (AvgIpc) is 4.44. The number of ether oxygens (including phenoxy) is 2. The summed E-state index contributed by atoms with van der Waals surface area (Å²) in [5.41, 5.74) is 6.45. The lowest BCUT2D eigenvalue weighted by Gasteiger charge is -2.34. The van der Waals surface area contributed by atoms with E-state index in [0.717, 1.165) is 35.2 Å². The summed E-state index contributed by atoms with van der Waals surface area (Å²) >= 11 is 0. The van der Waals surface area contributed by atoms with Crippen molar-refractivity contribution in [1.29, 1.82) is 0 Å². The number of aliphatic imine (C=N–C) groups is 3. The molecule has 1 fully saturated rings. The molecule has 0 amide bonds. The summed E-state index contributed by atoms with van der Waals surface area (Å²) in [5.74, 6) is 7.13. The molecule has 3 aliphatic heterocycles. The number of para-hydroxylation sites is 2. The van der Waals surface area contributed by atoms with Crippen molar-refractivity contribution in [3.63, 3.8) is 0 Å². The van der Waals surface area contributed by atoms with Crippen molar-refractivity contribution in [2.24, 2.45) is 49.5 Å². The number of nitrogens with zero attached hydrogens (tertiary/aromatic N) is 3. The van der Waals surface area contributed by atoms with Crippen LogP contribution in [0.15, 0.2) is 173 Å². The third-order valence-electron chi connectivity index (χ3n) is 16.6. The smallest absolute Gasteiger partial charge is 0.246 e. The quantitative estimate of drug-likeness (QED) is 0.155. The topological polar surface area (TPSA) is 55.5 Å². The van der Waals surface area contributed by atoms with E-state index in [2.05, 4.69) is 281 Å². The number of hydrogen-bond acceptors (Lipinski definition) is 5. The Morgan fingerprint density at radius 1 is 0.427 bits per heavy atom. The molecule has 5 nitrogen and oxygen atoms in total. The van der Waals surface area contributed by atoms with Gasteiger partial charge in [-0.15, -0.1) is 0 Å². The Kier molecular flexibility index (Phi) is 34.2. The van der Waals surface area contributed by atoms with E-state index in [1.54, 1.807) is 12.4 Å². The van der Waals surface area contributed by atoms with E-state index < -0.39 is 5.79 Å². The van der Waals surface area contributed by atoms with Crippen molar-refractivity contribution in [2.75, 3.05) is 0 Å². The van der Waals surface area contributed by atoms with E-state index in [-0.39, 0.29) is 11.2 Å². The van der Waals surface area contributed by atoms with Crippen LogP contribution in [0.2, 0.25) is 0 Å². The largest absolute Gasteiger partial charge is 0.449 e. The van der Waals surface area contributed by atoms with Gasteiger partial charge in [0.05, 0.1) is 5.54 Å². The van der Waals surface area contributed by atoms with Gasteiger partial charge in [0.1, 0.15) is 5.66 Å². The monoisotopic (exact) mass is 1120 g/mol. The Morgan fingerprint density at radius 2 is 0.707 bits per heavy atom. The standard InChI is InChI=1S/2C16H18.C9H10O2.C8H18.C7H14.C6H9N.C6H14.C5H8N2.C4H10/c2*1-13(15-9-5-3-6-10-15)14(2)16-11-7-4-8-12-16;1-9(2)10-7-5-3-4-6-8(7)11-9;1-7(2,3)8(4,5)6;1-6-4-3-5-7(6)2;1-6(2)4-3-5-7-6;1-5(2)6(3)4;1-5(2)6-3-4-7-5;1-3-4-2/h2*3-14H,1-2H3;3-6H,1-2H3;1-6H3;6-7H,3-5H2,1-2H3;3-5H,1-2H3;5-6H,1-4H3;3-4H,1-2H3;3-4H2,1-2H3/t13-,14+;13-,14-;;;6-,7+;;;;/m.1......./s1. The lowest BCUT2D eigenvalue weighted by Crippen LogP contribution is -2.29. The van der Waals surface area contributed by atoms with Crippen LogP contribution in [0.5, 0.6) is 11.5 Å². The van der Waals surface area contributed by atoms with Gasteiger partial charge in [0, 0.05) is 32.5 Å². The van der Waals surface area contributed by atoms with Gasteiger partial charge < -0.3 is 9.47 Å². The Hall–Kier alpha value is -5.55. The minimum absolute atomic E-state index is 0.0833. The molecule has 5 aromatic rings. The lowest BCUT2D eigenvalue weighted by atomic mass is 9.71. The van der Waals surface area contributed by atoms with Gasteiger partial charge in [-0.3, -0.25) is 15.0 Å². The van der Waals surface area contributed by atoms with E-state index in [1.807, 2.05) is 64.3 Å². The molecule has 0 N–H and O–H groups in total. The molecule has 1 saturated carbocycles. The SMILES string of the molecule is CC(C)(C)C(C)(C)C.CC(C)C(C)C.CC1(C)C=CC=N1.CC1(C)N=CC=N1.CC1(C)Oc2ccccc2O1.CCCC.C[C@@H](c1ccccc1)[C@@H](C)c1ccccc1.C[C@@H]1CCC[C@@H]1C.C[C@H](c1ccccc1)[C@@H](C)c1ccccc1. The van der Waals surface area contributed by atoms with Gasteiger partial charge in [-0.05, 0) is 126 Å². The molecule has 0 saturated heterocycles. The van der Waals surface area contributed by atoms with Crippen LogP contribution in [-0.4, -0.2) is 35.6 Å². The summed E-state index contributed by atoms with van der Waals surface area (Å²) in [6, 6.07) is 50.6. The van der Waals surface area contributed by atoms with E-state index in [9.17, 15) is 0 Å². The van der Waals surface area contributed by atoms with Crippen molar-refractivity contribution >= 4 is 18.6 Å². The molecule has 3 heterocycles. The fraction of sp³-hybridized carbons (Fsp3) is 0.545. The molecular formula is C77H119N3O2. The molecule has 0 spiro atoms. The first-order chi connectivity index (χ1) is 38.3. The highest BCUT2D eigenvalue weighted by atomic mass is 16.7. The summed E-state index contributed by atoms with van der Waals surface area (Å²) in [6.07, 6.45) is 16.4. The van der Waals surface area contributed by atoms with Crippen molar-refractivity contribution < 1.29 is 9.47 Å². The van der Waals surface area contributed by atoms with E-state index in [4.69, 9.17) is 9.47 Å². The Morgan fingerprint density at radius 3 is 0.866 bits per heavy atom. The zero-order chi connectivity index (χ0) is 62.2. The summed E-state index contributed by atoms with van der Waals surface area (Å²) < 4.78 is 10.9.